The summed E-state index contributed by atoms with van der Waals surface area (Å²) in [5.41, 5.74) is 0. The van der Waals surface area contributed by atoms with Gasteiger partial charge in [-0.2, -0.15) is 5.26 Å². The van der Waals surface area contributed by atoms with E-state index in [1.54, 1.807) is 6.92 Å². The van der Waals surface area contributed by atoms with Crippen LogP contribution in [0.25, 0.3) is 0 Å². The lowest BCUT2D eigenvalue weighted by molar-refractivity contribution is -0.153. The molecule has 0 saturated heterocycles. The van der Waals surface area contributed by atoms with E-state index in [1.165, 1.54) is 14.0 Å². The Labute approximate surface area is 129 Å². The first-order chi connectivity index (χ1) is 10.3. The van der Waals surface area contributed by atoms with Crippen molar-refractivity contribution in [1.29, 1.82) is 10.7 Å². The van der Waals surface area contributed by atoms with Crippen LogP contribution in [-0.2, 0) is 23.9 Å². The lowest BCUT2D eigenvalue weighted by Crippen LogP contribution is -2.46. The molecule has 0 aliphatic rings. The van der Waals surface area contributed by atoms with E-state index in [0.717, 1.165) is 0 Å². The molecule has 22 heavy (non-hydrogen) atoms. The average Bonchev–Trinajstić information content (AvgIpc) is 2.49. The van der Waals surface area contributed by atoms with Crippen LogP contribution in [-0.4, -0.2) is 49.2 Å². The highest BCUT2D eigenvalue weighted by molar-refractivity contribution is 6.26. The highest BCUT2D eigenvalue weighted by Crippen LogP contribution is 2.06. The van der Waals surface area contributed by atoms with Crippen molar-refractivity contribution in [2.24, 2.45) is 0 Å². The number of nitrogens with zero attached hydrogens (tertiary/aromatic N) is 1. The molecule has 0 saturated carbocycles. The van der Waals surface area contributed by atoms with Crippen molar-refractivity contribution in [2.75, 3.05) is 7.11 Å². The Morgan fingerprint density at radius 3 is 2.50 bits per heavy atom. The zero-order chi connectivity index (χ0) is 17.1. The van der Waals surface area contributed by atoms with Gasteiger partial charge in [0.2, 0.25) is 5.91 Å². The first kappa shape index (κ1) is 19.7. The number of amides is 1. The molecular formula is C14H21N3O5. The minimum absolute atomic E-state index is 0.00843. The molecule has 8 nitrogen and oxygen atoms in total. The lowest BCUT2D eigenvalue weighted by Gasteiger charge is -2.20. The Kier molecular flexibility index (Phi) is 9.38. The standard InChI is InChI=1S/C14H21N3O5/c1-9(6-7-15)22-14(20)12(5-4-11(18)8-16)17-13(19)10(2)21-3/h8-10,12,16H,4-6H2,1-3H3,(H,17,19)/t9-,10-,12+/m1/s1. The molecule has 8 heteroatoms. The molecule has 0 spiro atoms. The molecule has 122 valence electrons. The van der Waals surface area contributed by atoms with Crippen LogP contribution in [0, 0.1) is 16.7 Å². The zero-order valence-electron chi connectivity index (χ0n) is 12.9. The number of rotatable bonds is 10. The number of ketones is 1. The van der Waals surface area contributed by atoms with Gasteiger partial charge in [-0.25, -0.2) is 4.79 Å². The third-order valence-electron chi connectivity index (χ3n) is 2.86. The molecule has 1 amide bonds. The molecule has 0 aliphatic heterocycles. The van der Waals surface area contributed by atoms with E-state index in [4.69, 9.17) is 20.1 Å². The molecule has 0 bridgehead atoms. The van der Waals surface area contributed by atoms with Gasteiger partial charge in [0.1, 0.15) is 18.2 Å². The van der Waals surface area contributed by atoms with Gasteiger partial charge < -0.3 is 20.2 Å². The van der Waals surface area contributed by atoms with Gasteiger partial charge in [0, 0.05) is 13.5 Å². The predicted octanol–water partition coefficient (Wildman–Crippen LogP) is 0.350. The normalized spacial score (nSPS) is 14.1. The van der Waals surface area contributed by atoms with Crippen molar-refractivity contribution < 1.29 is 23.9 Å². The first-order valence-corrected chi connectivity index (χ1v) is 6.79. The number of hydrogen-bond acceptors (Lipinski definition) is 7. The fourth-order valence-electron chi connectivity index (χ4n) is 1.45. The molecule has 3 atom stereocenters. The molecule has 0 aromatic carbocycles. The molecule has 0 aromatic heterocycles. The quantitative estimate of drug-likeness (QED) is 0.442. The number of hydrogen-bond donors (Lipinski definition) is 2. The Balaban J connectivity index is 4.80. The maximum Gasteiger partial charge on any atom is 0.328 e. The number of Topliss-reactive ketones (excluding diaryl/α,β-unsaturated/α-hetero) is 1. The smallest absolute Gasteiger partial charge is 0.328 e. The van der Waals surface area contributed by atoms with E-state index in [9.17, 15) is 14.4 Å². The van der Waals surface area contributed by atoms with Crippen molar-refractivity contribution in [3.63, 3.8) is 0 Å². The van der Waals surface area contributed by atoms with E-state index in [1.807, 2.05) is 6.07 Å². The Hall–Kier alpha value is -2.27. The van der Waals surface area contributed by atoms with Gasteiger partial charge in [-0.05, 0) is 20.3 Å². The van der Waals surface area contributed by atoms with Crippen LogP contribution in [0.4, 0.5) is 0 Å². The summed E-state index contributed by atoms with van der Waals surface area (Å²) >= 11 is 0. The molecule has 0 unspecified atom stereocenters. The van der Waals surface area contributed by atoms with Crippen LogP contribution in [0.1, 0.15) is 33.1 Å². The topological polar surface area (TPSA) is 129 Å². The molecule has 0 rings (SSSR count). The first-order valence-electron chi connectivity index (χ1n) is 6.79. The average molecular weight is 311 g/mol. The number of nitrogens with one attached hydrogen (secondary N) is 2. The van der Waals surface area contributed by atoms with Crippen LogP contribution in [0.5, 0.6) is 0 Å². The zero-order valence-corrected chi connectivity index (χ0v) is 12.9. The van der Waals surface area contributed by atoms with Gasteiger partial charge in [-0.1, -0.05) is 0 Å². The molecule has 0 radical (unpaired) electrons. The van der Waals surface area contributed by atoms with Crippen LogP contribution in [0.3, 0.4) is 0 Å². The van der Waals surface area contributed by atoms with Crippen molar-refractivity contribution >= 4 is 23.9 Å². The second-order valence-electron chi connectivity index (χ2n) is 4.70. The van der Waals surface area contributed by atoms with Gasteiger partial charge in [0.25, 0.3) is 0 Å². The summed E-state index contributed by atoms with van der Waals surface area (Å²) in [6, 6.07) is 0.839. The largest absolute Gasteiger partial charge is 0.460 e. The maximum absolute atomic E-state index is 12.0. The molecule has 0 aliphatic carbocycles. The third-order valence-corrected chi connectivity index (χ3v) is 2.86. The summed E-state index contributed by atoms with van der Waals surface area (Å²) in [7, 11) is 1.35. The molecular weight excluding hydrogens is 290 g/mol. The summed E-state index contributed by atoms with van der Waals surface area (Å²) in [5.74, 6) is -1.70. The number of nitriles is 1. The minimum Gasteiger partial charge on any atom is -0.460 e. The SMILES string of the molecule is CO[C@H](C)C(=O)N[C@@H](CCC(=O)C=N)C(=O)O[C@H](C)CC#N. The van der Waals surface area contributed by atoms with Gasteiger partial charge in [-0.15, -0.1) is 0 Å². The van der Waals surface area contributed by atoms with E-state index in [0.29, 0.717) is 6.21 Å². The van der Waals surface area contributed by atoms with Crippen molar-refractivity contribution in [3.8, 4) is 6.07 Å². The fourth-order valence-corrected chi connectivity index (χ4v) is 1.45. The lowest BCUT2D eigenvalue weighted by atomic mass is 10.1. The minimum atomic E-state index is -1.03. The number of carbonyl (C=O) groups excluding carboxylic acids is 3. The van der Waals surface area contributed by atoms with Gasteiger partial charge in [-0.3, -0.25) is 9.59 Å². The highest BCUT2D eigenvalue weighted by atomic mass is 16.5. The predicted molar refractivity (Wildman–Crippen MR) is 77.2 cm³/mol. The van der Waals surface area contributed by atoms with Crippen LogP contribution < -0.4 is 5.32 Å². The molecule has 0 heterocycles. The van der Waals surface area contributed by atoms with E-state index < -0.39 is 35.9 Å². The van der Waals surface area contributed by atoms with E-state index in [-0.39, 0.29) is 19.3 Å². The second-order valence-corrected chi connectivity index (χ2v) is 4.70. The van der Waals surface area contributed by atoms with Crippen LogP contribution >= 0.6 is 0 Å². The summed E-state index contributed by atoms with van der Waals surface area (Å²) in [6.07, 6.45) is -0.757. The van der Waals surface area contributed by atoms with Crippen LogP contribution in [0.15, 0.2) is 0 Å². The van der Waals surface area contributed by atoms with E-state index in [2.05, 4.69) is 5.32 Å². The second kappa shape index (κ2) is 10.5. The van der Waals surface area contributed by atoms with Crippen molar-refractivity contribution in [3.05, 3.63) is 0 Å². The fraction of sp³-hybridized carbons (Fsp3) is 0.643. The Morgan fingerprint density at radius 2 is 2.00 bits per heavy atom. The van der Waals surface area contributed by atoms with Gasteiger partial charge in [0.05, 0.1) is 18.7 Å². The number of esters is 1. The van der Waals surface area contributed by atoms with Gasteiger partial charge in [0.15, 0.2) is 5.78 Å². The van der Waals surface area contributed by atoms with Gasteiger partial charge >= 0.3 is 5.97 Å². The summed E-state index contributed by atoms with van der Waals surface area (Å²) in [4.78, 5) is 35.0. The number of carbonyl (C=O) groups is 3. The summed E-state index contributed by atoms with van der Waals surface area (Å²) in [6.45, 7) is 3.07. The van der Waals surface area contributed by atoms with Crippen LogP contribution in [0.2, 0.25) is 0 Å². The van der Waals surface area contributed by atoms with Crippen molar-refractivity contribution in [1.82, 2.24) is 5.32 Å². The Bertz CT molecular complexity index is 458. The molecule has 0 aromatic rings. The van der Waals surface area contributed by atoms with E-state index >= 15 is 0 Å². The monoisotopic (exact) mass is 311 g/mol. The van der Waals surface area contributed by atoms with Crippen molar-refractivity contribution in [2.45, 2.75) is 51.4 Å². The summed E-state index contributed by atoms with van der Waals surface area (Å²) in [5, 5.41) is 17.8. The number of ether oxygens (including phenoxy) is 2. The molecule has 2 N–H and O–H groups in total. The highest BCUT2D eigenvalue weighted by Gasteiger charge is 2.26. The molecule has 0 fully saturated rings. The maximum atomic E-state index is 12.0. The third kappa shape index (κ3) is 7.50. The Morgan fingerprint density at radius 1 is 1.36 bits per heavy atom. The summed E-state index contributed by atoms with van der Waals surface area (Å²) < 4.78 is 9.90. The number of methoxy groups -OCH3 is 1.